The van der Waals surface area contributed by atoms with Crippen molar-refractivity contribution in [3.05, 3.63) is 54.1 Å². The van der Waals surface area contributed by atoms with E-state index in [0.717, 1.165) is 5.56 Å². The fourth-order valence-corrected chi connectivity index (χ4v) is 3.70. The first-order valence-electron chi connectivity index (χ1n) is 9.02. The molecule has 7 nitrogen and oxygen atoms in total. The normalized spacial score (nSPS) is 12.2. The van der Waals surface area contributed by atoms with Crippen LogP contribution in [0.2, 0.25) is 0 Å². The molecule has 0 saturated heterocycles. The summed E-state index contributed by atoms with van der Waals surface area (Å²) in [4.78, 5) is 12.3. The summed E-state index contributed by atoms with van der Waals surface area (Å²) in [6, 6.07) is 13.2. The molecule has 0 fully saturated rings. The average Bonchev–Trinajstić information content (AvgIpc) is 2.71. The standard InChI is InChI=1S/C20H26N2O5S/c1-4-13-21-28(24,25)17-11-9-16(10-12-17)27-14-20(23)22-15(2)18-7-5-6-8-19(18)26-3/h5-12,15,21H,4,13-14H2,1-3H3,(H,22,23). The second kappa shape index (κ2) is 10.1. The third kappa shape index (κ3) is 5.97. The van der Waals surface area contributed by atoms with Gasteiger partial charge in [-0.05, 0) is 43.7 Å². The van der Waals surface area contributed by atoms with E-state index in [1.807, 2.05) is 38.1 Å². The van der Waals surface area contributed by atoms with E-state index in [1.165, 1.54) is 24.3 Å². The molecule has 2 aromatic carbocycles. The second-order valence-electron chi connectivity index (χ2n) is 6.19. The Labute approximate surface area is 166 Å². The number of carbonyl (C=O) groups excluding carboxylic acids is 1. The van der Waals surface area contributed by atoms with Gasteiger partial charge < -0.3 is 14.8 Å². The number of ether oxygens (including phenoxy) is 2. The Hall–Kier alpha value is -2.58. The van der Waals surface area contributed by atoms with Crippen LogP contribution in [-0.4, -0.2) is 34.6 Å². The van der Waals surface area contributed by atoms with E-state index >= 15 is 0 Å². The van der Waals surface area contributed by atoms with Gasteiger partial charge in [-0.3, -0.25) is 4.79 Å². The molecule has 0 saturated carbocycles. The van der Waals surface area contributed by atoms with Gasteiger partial charge >= 0.3 is 0 Å². The van der Waals surface area contributed by atoms with Crippen molar-refractivity contribution in [2.45, 2.75) is 31.2 Å². The lowest BCUT2D eigenvalue weighted by Gasteiger charge is -2.17. The molecule has 2 aromatic rings. The van der Waals surface area contributed by atoms with Crippen molar-refractivity contribution in [3.8, 4) is 11.5 Å². The van der Waals surface area contributed by atoms with Gasteiger partial charge in [-0.2, -0.15) is 0 Å². The molecule has 2 rings (SSSR count). The molecule has 0 heterocycles. The predicted octanol–water partition coefficient (Wildman–Crippen LogP) is 2.64. The zero-order valence-corrected chi connectivity index (χ0v) is 17.1. The molecule has 0 aromatic heterocycles. The summed E-state index contributed by atoms with van der Waals surface area (Å²) in [6.07, 6.45) is 0.711. The molecule has 0 aliphatic carbocycles. The first-order chi connectivity index (χ1) is 13.4. The Kier molecular flexibility index (Phi) is 7.83. The van der Waals surface area contributed by atoms with Crippen molar-refractivity contribution in [3.63, 3.8) is 0 Å². The number of benzene rings is 2. The number of sulfonamides is 1. The van der Waals surface area contributed by atoms with Crippen LogP contribution in [0.25, 0.3) is 0 Å². The minimum atomic E-state index is -3.52. The van der Waals surface area contributed by atoms with Gasteiger partial charge in [-0.1, -0.05) is 25.1 Å². The van der Waals surface area contributed by atoms with Crippen molar-refractivity contribution < 1.29 is 22.7 Å². The van der Waals surface area contributed by atoms with Crippen molar-refractivity contribution in [1.82, 2.24) is 10.0 Å². The Morgan fingerprint density at radius 3 is 2.43 bits per heavy atom. The fraction of sp³-hybridized carbons (Fsp3) is 0.350. The highest BCUT2D eigenvalue weighted by molar-refractivity contribution is 7.89. The van der Waals surface area contributed by atoms with E-state index in [4.69, 9.17) is 9.47 Å². The number of rotatable bonds is 10. The highest BCUT2D eigenvalue weighted by Crippen LogP contribution is 2.24. The largest absolute Gasteiger partial charge is 0.496 e. The van der Waals surface area contributed by atoms with Crippen LogP contribution in [0.15, 0.2) is 53.4 Å². The summed E-state index contributed by atoms with van der Waals surface area (Å²) < 4.78 is 37.4. The third-order valence-electron chi connectivity index (χ3n) is 4.03. The Morgan fingerprint density at radius 1 is 1.11 bits per heavy atom. The van der Waals surface area contributed by atoms with Gasteiger partial charge in [0, 0.05) is 12.1 Å². The zero-order chi connectivity index (χ0) is 20.6. The first kappa shape index (κ1) is 21.7. The zero-order valence-electron chi connectivity index (χ0n) is 16.3. The molecule has 0 bridgehead atoms. The minimum absolute atomic E-state index is 0.155. The molecule has 0 aliphatic rings. The molecular weight excluding hydrogens is 380 g/mol. The maximum absolute atomic E-state index is 12.2. The number of nitrogens with one attached hydrogen (secondary N) is 2. The number of para-hydroxylation sites is 1. The van der Waals surface area contributed by atoms with Crippen LogP contribution >= 0.6 is 0 Å². The van der Waals surface area contributed by atoms with Crippen LogP contribution in [0.1, 0.15) is 31.9 Å². The minimum Gasteiger partial charge on any atom is -0.496 e. The van der Waals surface area contributed by atoms with Crippen LogP contribution in [0, 0.1) is 0 Å². The Balaban J connectivity index is 1.90. The predicted molar refractivity (Wildman–Crippen MR) is 107 cm³/mol. The van der Waals surface area contributed by atoms with Crippen molar-refractivity contribution >= 4 is 15.9 Å². The number of methoxy groups -OCH3 is 1. The molecule has 0 radical (unpaired) electrons. The van der Waals surface area contributed by atoms with Crippen molar-refractivity contribution in [2.75, 3.05) is 20.3 Å². The smallest absolute Gasteiger partial charge is 0.258 e. The quantitative estimate of drug-likeness (QED) is 0.633. The lowest BCUT2D eigenvalue weighted by molar-refractivity contribution is -0.123. The molecular formula is C20H26N2O5S. The van der Waals surface area contributed by atoms with Crippen LogP contribution in [0.4, 0.5) is 0 Å². The topological polar surface area (TPSA) is 93.7 Å². The number of carbonyl (C=O) groups is 1. The summed E-state index contributed by atoms with van der Waals surface area (Å²) in [7, 11) is -1.94. The molecule has 1 unspecified atom stereocenters. The Bertz CT molecular complexity index is 882. The lowest BCUT2D eigenvalue weighted by Crippen LogP contribution is -2.31. The molecule has 2 N–H and O–H groups in total. The summed E-state index contributed by atoms with van der Waals surface area (Å²) in [6.45, 7) is 3.95. The molecule has 0 spiro atoms. The molecule has 1 amide bonds. The molecule has 28 heavy (non-hydrogen) atoms. The summed E-state index contributed by atoms with van der Waals surface area (Å²) >= 11 is 0. The number of hydrogen-bond acceptors (Lipinski definition) is 5. The van der Waals surface area contributed by atoms with Crippen LogP contribution in [0.5, 0.6) is 11.5 Å². The highest BCUT2D eigenvalue weighted by Gasteiger charge is 2.15. The molecule has 1 atom stereocenters. The number of amides is 1. The van der Waals surface area contributed by atoms with E-state index in [1.54, 1.807) is 7.11 Å². The van der Waals surface area contributed by atoms with Gasteiger partial charge in [0.2, 0.25) is 10.0 Å². The van der Waals surface area contributed by atoms with Gasteiger partial charge in [0.25, 0.3) is 5.91 Å². The monoisotopic (exact) mass is 406 g/mol. The van der Waals surface area contributed by atoms with E-state index in [0.29, 0.717) is 24.5 Å². The third-order valence-corrected chi connectivity index (χ3v) is 5.51. The maximum Gasteiger partial charge on any atom is 0.258 e. The molecule has 0 aliphatic heterocycles. The van der Waals surface area contributed by atoms with E-state index in [9.17, 15) is 13.2 Å². The Morgan fingerprint density at radius 2 is 1.79 bits per heavy atom. The molecule has 152 valence electrons. The van der Waals surface area contributed by atoms with Gasteiger partial charge in [-0.15, -0.1) is 0 Å². The van der Waals surface area contributed by atoms with E-state index < -0.39 is 10.0 Å². The van der Waals surface area contributed by atoms with Crippen molar-refractivity contribution in [1.29, 1.82) is 0 Å². The van der Waals surface area contributed by atoms with Gasteiger partial charge in [0.1, 0.15) is 11.5 Å². The van der Waals surface area contributed by atoms with Crippen LogP contribution in [0.3, 0.4) is 0 Å². The van der Waals surface area contributed by atoms with E-state index in [2.05, 4.69) is 10.0 Å². The summed E-state index contributed by atoms with van der Waals surface area (Å²) in [5, 5.41) is 2.85. The second-order valence-corrected chi connectivity index (χ2v) is 7.96. The maximum atomic E-state index is 12.2. The molecule has 8 heteroatoms. The van der Waals surface area contributed by atoms with Crippen LogP contribution in [-0.2, 0) is 14.8 Å². The van der Waals surface area contributed by atoms with Gasteiger partial charge in [0.15, 0.2) is 6.61 Å². The van der Waals surface area contributed by atoms with Crippen LogP contribution < -0.4 is 19.5 Å². The fourth-order valence-electron chi connectivity index (χ4n) is 2.57. The highest BCUT2D eigenvalue weighted by atomic mass is 32.2. The average molecular weight is 407 g/mol. The van der Waals surface area contributed by atoms with Gasteiger partial charge in [0.05, 0.1) is 18.0 Å². The van der Waals surface area contributed by atoms with E-state index in [-0.39, 0.29) is 23.5 Å². The summed E-state index contributed by atoms with van der Waals surface area (Å²) in [5.74, 6) is 0.818. The number of hydrogen-bond donors (Lipinski definition) is 2. The van der Waals surface area contributed by atoms with Crippen molar-refractivity contribution in [2.24, 2.45) is 0 Å². The van der Waals surface area contributed by atoms with Gasteiger partial charge in [-0.25, -0.2) is 13.1 Å². The summed E-state index contributed by atoms with van der Waals surface area (Å²) in [5.41, 5.74) is 0.868. The SMILES string of the molecule is CCCNS(=O)(=O)c1ccc(OCC(=O)NC(C)c2ccccc2OC)cc1. The lowest BCUT2D eigenvalue weighted by atomic mass is 10.1. The first-order valence-corrected chi connectivity index (χ1v) is 10.5.